The van der Waals surface area contributed by atoms with Gasteiger partial charge in [-0.05, 0) is 73.8 Å². The molecule has 0 bridgehead atoms. The van der Waals surface area contributed by atoms with Crippen molar-refractivity contribution in [1.82, 2.24) is 25.0 Å². The van der Waals surface area contributed by atoms with Gasteiger partial charge in [0.05, 0.1) is 29.5 Å². The van der Waals surface area contributed by atoms with E-state index in [2.05, 4.69) is 25.2 Å². The number of aliphatic hydroxyl groups is 1. The van der Waals surface area contributed by atoms with Crippen molar-refractivity contribution < 1.29 is 22.3 Å². The maximum atomic E-state index is 13.7. The summed E-state index contributed by atoms with van der Waals surface area (Å²) in [5, 5.41) is 23.7. The van der Waals surface area contributed by atoms with E-state index in [1.54, 1.807) is 35.1 Å². The zero-order valence-electron chi connectivity index (χ0n) is 22.6. The van der Waals surface area contributed by atoms with Gasteiger partial charge in [0.1, 0.15) is 10.6 Å². The number of allylic oxidation sites excluding steroid dienone is 2. The molecule has 2 aromatic heterocycles. The van der Waals surface area contributed by atoms with Crippen LogP contribution in [-0.2, 0) is 10.0 Å². The van der Waals surface area contributed by atoms with Gasteiger partial charge in [-0.25, -0.2) is 37.0 Å². The minimum absolute atomic E-state index is 0.193. The molecule has 2 fully saturated rings. The number of alkyl halides is 2. The van der Waals surface area contributed by atoms with Gasteiger partial charge in [0, 0.05) is 31.6 Å². The molecule has 0 atom stereocenters. The predicted octanol–water partition coefficient (Wildman–Crippen LogP) is 4.76. The minimum Gasteiger partial charge on any atom is -0.514 e. The van der Waals surface area contributed by atoms with Crippen molar-refractivity contribution in [2.75, 3.05) is 18.0 Å². The second kappa shape index (κ2) is 9.98. The van der Waals surface area contributed by atoms with E-state index in [0.717, 1.165) is 31.6 Å². The number of halogens is 2. The largest absolute Gasteiger partial charge is 0.514 e. The lowest BCUT2D eigenvalue weighted by molar-refractivity contribution is -0.00608. The normalized spacial score (nSPS) is 20.2. The Labute approximate surface area is 236 Å². The summed E-state index contributed by atoms with van der Waals surface area (Å²) in [5.41, 5.74) is 4.47. The molecule has 13 heteroatoms. The van der Waals surface area contributed by atoms with E-state index in [-0.39, 0.29) is 29.7 Å². The summed E-state index contributed by atoms with van der Waals surface area (Å²) >= 11 is 0. The van der Waals surface area contributed by atoms with Crippen LogP contribution in [0.3, 0.4) is 0 Å². The Morgan fingerprint density at radius 1 is 1.05 bits per heavy atom. The summed E-state index contributed by atoms with van der Waals surface area (Å²) in [7, 11) is -4.16. The molecule has 0 unspecified atom stereocenters. The molecule has 0 amide bonds. The third-order valence-electron chi connectivity index (χ3n) is 8.36. The highest BCUT2D eigenvalue weighted by atomic mass is 32.2. The van der Waals surface area contributed by atoms with Crippen molar-refractivity contribution in [3.8, 4) is 17.1 Å². The Morgan fingerprint density at radius 3 is 2.44 bits per heavy atom. The SMILES string of the molecule is Cc1cc(-c2cn(-c3ccc(C(=CO)S(N)(=O)=O)cc3N3CCC4(CC3)CC4)nn2)nc(C2=CCC(F)(F)CC2)n1. The van der Waals surface area contributed by atoms with Crippen LogP contribution in [0, 0.1) is 12.3 Å². The Kier molecular flexibility index (Phi) is 6.68. The Balaban J connectivity index is 1.36. The van der Waals surface area contributed by atoms with E-state index in [9.17, 15) is 22.3 Å². The van der Waals surface area contributed by atoms with Gasteiger partial charge in [-0.2, -0.15) is 0 Å². The number of aliphatic hydroxyl groups excluding tert-OH is 1. The van der Waals surface area contributed by atoms with Crippen molar-refractivity contribution in [3.63, 3.8) is 0 Å². The summed E-state index contributed by atoms with van der Waals surface area (Å²) in [6.07, 6.45) is 7.93. The highest BCUT2D eigenvalue weighted by Crippen LogP contribution is 2.54. The number of hydrogen-bond acceptors (Lipinski definition) is 8. The third kappa shape index (κ3) is 5.60. The van der Waals surface area contributed by atoms with Crippen LogP contribution >= 0.6 is 0 Å². The molecule has 1 aliphatic heterocycles. The second-order valence-electron chi connectivity index (χ2n) is 11.3. The van der Waals surface area contributed by atoms with E-state index < -0.39 is 15.9 Å². The topological polar surface area (TPSA) is 140 Å². The molecule has 3 aliphatic rings. The van der Waals surface area contributed by atoms with Crippen LogP contribution in [0.15, 0.2) is 42.8 Å². The van der Waals surface area contributed by atoms with E-state index >= 15 is 0 Å². The first kappa shape index (κ1) is 27.5. The van der Waals surface area contributed by atoms with Crippen molar-refractivity contribution in [1.29, 1.82) is 0 Å². The molecular formula is C28H31F2N7O3S. The molecule has 1 saturated heterocycles. The number of piperidine rings is 1. The van der Waals surface area contributed by atoms with Gasteiger partial charge in [0.2, 0.25) is 10.0 Å². The molecule has 3 aromatic rings. The molecule has 10 nitrogen and oxygen atoms in total. The van der Waals surface area contributed by atoms with Crippen LogP contribution in [0.2, 0.25) is 0 Å². The van der Waals surface area contributed by atoms with E-state index in [4.69, 9.17) is 5.14 Å². The van der Waals surface area contributed by atoms with Gasteiger partial charge in [-0.1, -0.05) is 17.4 Å². The van der Waals surface area contributed by atoms with Gasteiger partial charge in [-0.15, -0.1) is 5.10 Å². The van der Waals surface area contributed by atoms with Crippen LogP contribution in [0.5, 0.6) is 0 Å². The fourth-order valence-corrected chi connectivity index (χ4v) is 6.28. The Bertz CT molecular complexity index is 1670. The lowest BCUT2D eigenvalue weighted by Gasteiger charge is -2.35. The van der Waals surface area contributed by atoms with E-state index in [1.807, 2.05) is 6.92 Å². The first-order chi connectivity index (χ1) is 19.5. The summed E-state index contributed by atoms with van der Waals surface area (Å²) < 4.78 is 53.2. The number of benzene rings is 1. The van der Waals surface area contributed by atoms with Gasteiger partial charge in [-0.3, -0.25) is 0 Å². The van der Waals surface area contributed by atoms with Gasteiger partial charge >= 0.3 is 0 Å². The smallest absolute Gasteiger partial charge is 0.251 e. The van der Waals surface area contributed by atoms with Crippen molar-refractivity contribution in [3.05, 3.63) is 59.9 Å². The zero-order chi connectivity index (χ0) is 29.0. The van der Waals surface area contributed by atoms with Crippen LogP contribution in [0.1, 0.15) is 62.0 Å². The first-order valence-electron chi connectivity index (χ1n) is 13.6. The molecule has 216 valence electrons. The van der Waals surface area contributed by atoms with Crippen LogP contribution in [-0.4, -0.2) is 57.5 Å². The summed E-state index contributed by atoms with van der Waals surface area (Å²) in [6.45, 7) is 3.41. The fourth-order valence-electron chi connectivity index (χ4n) is 5.67. The summed E-state index contributed by atoms with van der Waals surface area (Å²) in [6, 6.07) is 6.76. The molecule has 3 heterocycles. The molecule has 41 heavy (non-hydrogen) atoms. The summed E-state index contributed by atoms with van der Waals surface area (Å²) in [4.78, 5) is 10.9. The highest BCUT2D eigenvalue weighted by molar-refractivity contribution is 7.98. The molecule has 1 spiro atoms. The average molecular weight is 584 g/mol. The Morgan fingerprint density at radius 2 is 1.80 bits per heavy atom. The molecule has 1 saturated carbocycles. The molecule has 2 aliphatic carbocycles. The number of hydrogen-bond donors (Lipinski definition) is 2. The van der Waals surface area contributed by atoms with Gasteiger partial charge in [0.15, 0.2) is 5.82 Å². The number of primary sulfonamides is 1. The van der Waals surface area contributed by atoms with Crippen molar-refractivity contribution in [2.24, 2.45) is 10.6 Å². The van der Waals surface area contributed by atoms with Crippen LogP contribution in [0.25, 0.3) is 27.6 Å². The zero-order valence-corrected chi connectivity index (χ0v) is 23.4. The van der Waals surface area contributed by atoms with E-state index in [0.29, 0.717) is 45.8 Å². The third-order valence-corrected chi connectivity index (χ3v) is 9.31. The maximum absolute atomic E-state index is 13.7. The number of nitrogens with two attached hydrogens (primary N) is 1. The molecule has 0 radical (unpaired) electrons. The predicted molar refractivity (Wildman–Crippen MR) is 151 cm³/mol. The highest BCUT2D eigenvalue weighted by Gasteiger charge is 2.44. The molecule has 3 N–H and O–H groups in total. The monoisotopic (exact) mass is 583 g/mol. The number of anilines is 1. The van der Waals surface area contributed by atoms with Crippen molar-refractivity contribution in [2.45, 2.75) is 57.8 Å². The number of nitrogens with zero attached hydrogens (tertiary/aromatic N) is 6. The quantitative estimate of drug-likeness (QED) is 0.396. The average Bonchev–Trinajstić information content (AvgIpc) is 3.48. The first-order valence-corrected chi connectivity index (χ1v) is 15.1. The van der Waals surface area contributed by atoms with E-state index in [1.165, 1.54) is 18.9 Å². The number of aryl methyl sites for hydroxylation is 1. The number of rotatable bonds is 6. The minimum atomic E-state index is -4.16. The fraction of sp³-hybridized carbons (Fsp3) is 0.429. The second-order valence-corrected chi connectivity index (χ2v) is 12.8. The van der Waals surface area contributed by atoms with Crippen molar-refractivity contribution >= 4 is 26.2 Å². The summed E-state index contributed by atoms with van der Waals surface area (Å²) in [5.74, 6) is -2.30. The number of aromatic nitrogens is 5. The maximum Gasteiger partial charge on any atom is 0.251 e. The number of sulfonamides is 1. The van der Waals surface area contributed by atoms with Crippen LogP contribution < -0.4 is 10.0 Å². The Hall–Kier alpha value is -3.71. The van der Waals surface area contributed by atoms with Crippen LogP contribution in [0.4, 0.5) is 14.5 Å². The molecule has 6 rings (SSSR count). The molecular weight excluding hydrogens is 552 g/mol. The lowest BCUT2D eigenvalue weighted by Crippen LogP contribution is -2.35. The standard InChI is InChI=1S/C28H31F2N7O3S/c1-18-14-21(33-26(32-18)19-4-6-28(29,30)7-5-19)22-16-37(35-34-22)23-3-2-20(25(17-38)41(31,39)40)15-24(23)36-12-10-27(8-9-27)11-13-36/h2-4,14-17,38H,5-13H2,1H3,(H2,31,39,40). The van der Waals surface area contributed by atoms with Gasteiger partial charge < -0.3 is 10.0 Å². The molecule has 1 aromatic carbocycles. The lowest BCUT2D eigenvalue weighted by atomic mass is 9.93. The van der Waals surface area contributed by atoms with Gasteiger partial charge in [0.25, 0.3) is 5.92 Å².